The quantitative estimate of drug-likeness (QED) is 0.539. The number of nitrogen functional groups attached to an aromatic ring is 1. The number of hydrogen-bond acceptors (Lipinski definition) is 5. The number of nitrogens with two attached hydrogens (primary N) is 3. The fourth-order valence-corrected chi connectivity index (χ4v) is 3.03. The smallest absolute Gasteiger partial charge is 0.248 e. The van der Waals surface area contributed by atoms with Gasteiger partial charge in [-0.15, -0.1) is 0 Å². The Balaban J connectivity index is 3.36. The number of anilines is 1. The Labute approximate surface area is 114 Å². The number of hydrogen-bond donors (Lipinski definition) is 3. The Hall–Kier alpha value is -2.20. The third kappa shape index (κ3) is 3.42. The summed E-state index contributed by atoms with van der Waals surface area (Å²) in [6, 6.07) is 3.27. The van der Waals surface area contributed by atoms with Crippen molar-refractivity contribution in [3.8, 4) is 0 Å². The van der Waals surface area contributed by atoms with Gasteiger partial charge in [0.15, 0.2) is 0 Å². The molecule has 0 aliphatic heterocycles. The number of rotatable bonds is 6. The van der Waals surface area contributed by atoms with Crippen molar-refractivity contribution in [2.75, 3.05) is 18.8 Å². The molecule has 0 aliphatic rings. The summed E-state index contributed by atoms with van der Waals surface area (Å²) in [5, 5.41) is 0. The maximum Gasteiger partial charge on any atom is 0.248 e. The van der Waals surface area contributed by atoms with Crippen LogP contribution in [-0.4, -0.2) is 37.6 Å². The zero-order chi connectivity index (χ0) is 15.5. The number of sulfonamides is 1. The molecule has 0 radical (unpaired) electrons. The van der Waals surface area contributed by atoms with E-state index in [9.17, 15) is 22.4 Å². The number of benzene rings is 1. The van der Waals surface area contributed by atoms with Crippen LogP contribution in [-0.2, 0) is 19.6 Å². The normalized spacial score (nSPS) is 11.5. The van der Waals surface area contributed by atoms with Crippen molar-refractivity contribution in [1.82, 2.24) is 4.31 Å². The van der Waals surface area contributed by atoms with Crippen molar-refractivity contribution in [2.45, 2.75) is 4.90 Å². The van der Waals surface area contributed by atoms with Gasteiger partial charge >= 0.3 is 0 Å². The maximum absolute atomic E-state index is 13.7. The number of halogens is 1. The highest BCUT2D eigenvalue weighted by Gasteiger charge is 2.31. The molecule has 20 heavy (non-hydrogen) atoms. The molecular weight excluding hydrogens is 291 g/mol. The van der Waals surface area contributed by atoms with Gasteiger partial charge in [0.2, 0.25) is 21.8 Å². The fraction of sp³-hybridized carbons (Fsp3) is 0.200. The van der Waals surface area contributed by atoms with Crippen molar-refractivity contribution in [3.63, 3.8) is 0 Å². The second-order valence-electron chi connectivity index (χ2n) is 3.86. The van der Waals surface area contributed by atoms with Crippen LogP contribution in [0, 0.1) is 5.82 Å². The number of carbonyl (C=O) groups excluding carboxylic acids is 2. The van der Waals surface area contributed by atoms with Crippen LogP contribution < -0.4 is 17.2 Å². The lowest BCUT2D eigenvalue weighted by molar-refractivity contribution is -0.120. The van der Waals surface area contributed by atoms with Crippen LogP contribution in [0.3, 0.4) is 0 Å². The molecule has 0 saturated heterocycles. The molecule has 10 heteroatoms. The zero-order valence-corrected chi connectivity index (χ0v) is 11.1. The minimum atomic E-state index is -4.52. The highest BCUT2D eigenvalue weighted by atomic mass is 32.2. The van der Waals surface area contributed by atoms with Crippen molar-refractivity contribution in [2.24, 2.45) is 11.5 Å². The van der Waals surface area contributed by atoms with Gasteiger partial charge < -0.3 is 17.2 Å². The molecule has 0 spiro atoms. The van der Waals surface area contributed by atoms with Gasteiger partial charge in [0, 0.05) is 0 Å². The summed E-state index contributed by atoms with van der Waals surface area (Å²) in [6.07, 6.45) is 0. The summed E-state index contributed by atoms with van der Waals surface area (Å²) in [4.78, 5) is 20.9. The van der Waals surface area contributed by atoms with E-state index in [1.165, 1.54) is 12.1 Å². The van der Waals surface area contributed by atoms with E-state index in [0.29, 0.717) is 4.31 Å². The molecule has 0 bridgehead atoms. The molecule has 0 aromatic heterocycles. The molecule has 110 valence electrons. The number of amides is 2. The van der Waals surface area contributed by atoms with Gasteiger partial charge in [0.25, 0.3) is 0 Å². The van der Waals surface area contributed by atoms with Gasteiger partial charge in [-0.1, -0.05) is 6.07 Å². The Morgan fingerprint density at radius 1 is 1.15 bits per heavy atom. The summed E-state index contributed by atoms with van der Waals surface area (Å²) in [6.45, 7) is -1.64. The molecular formula is C10H13FN4O4S. The van der Waals surface area contributed by atoms with Crippen molar-refractivity contribution in [1.29, 1.82) is 0 Å². The average Bonchev–Trinajstić information content (AvgIpc) is 2.26. The summed E-state index contributed by atoms with van der Waals surface area (Å²) in [5.41, 5.74) is 14.9. The second kappa shape index (κ2) is 5.84. The van der Waals surface area contributed by atoms with Gasteiger partial charge in [0.1, 0.15) is 10.7 Å². The van der Waals surface area contributed by atoms with Crippen LogP contribution in [0.5, 0.6) is 0 Å². The third-order valence-electron chi connectivity index (χ3n) is 2.26. The molecule has 1 rings (SSSR count). The van der Waals surface area contributed by atoms with E-state index in [1.807, 2.05) is 0 Å². The van der Waals surface area contributed by atoms with Gasteiger partial charge in [-0.2, -0.15) is 4.31 Å². The predicted molar refractivity (Wildman–Crippen MR) is 68.0 cm³/mol. The minimum Gasteiger partial charge on any atom is -0.398 e. The number of carbonyl (C=O) groups is 2. The van der Waals surface area contributed by atoms with Crippen LogP contribution in [0.1, 0.15) is 0 Å². The summed E-state index contributed by atoms with van der Waals surface area (Å²) in [7, 11) is -4.52. The lowest BCUT2D eigenvalue weighted by Gasteiger charge is -2.20. The standard InChI is InChI=1S/C10H13FN4O4S/c11-6-2-1-3-7(12)10(6)20(18,19)15(4-8(13)16)5-9(14)17/h1-3H,4-5,12H2,(H2,13,16)(H2,14,17). The first-order valence-corrected chi connectivity index (χ1v) is 6.71. The van der Waals surface area contributed by atoms with Gasteiger partial charge in [-0.25, -0.2) is 12.8 Å². The molecule has 1 aromatic rings. The van der Waals surface area contributed by atoms with Crippen LogP contribution in [0.15, 0.2) is 23.1 Å². The van der Waals surface area contributed by atoms with Crippen molar-refractivity contribution >= 4 is 27.5 Å². The lowest BCUT2D eigenvalue weighted by Crippen LogP contribution is -2.43. The SMILES string of the molecule is NC(=O)CN(CC(N)=O)S(=O)(=O)c1c(N)cccc1F. The molecule has 1 aromatic carbocycles. The maximum atomic E-state index is 13.7. The summed E-state index contributed by atoms with van der Waals surface area (Å²) >= 11 is 0. The van der Waals surface area contributed by atoms with Crippen LogP contribution in [0.25, 0.3) is 0 Å². The molecule has 0 fully saturated rings. The second-order valence-corrected chi connectivity index (χ2v) is 5.74. The number of nitrogens with zero attached hydrogens (tertiary/aromatic N) is 1. The molecule has 2 amide bonds. The molecule has 0 saturated carbocycles. The summed E-state index contributed by atoms with van der Waals surface area (Å²) < 4.78 is 38.5. The van der Waals surface area contributed by atoms with Crippen LogP contribution in [0.2, 0.25) is 0 Å². The lowest BCUT2D eigenvalue weighted by atomic mass is 10.3. The van der Waals surface area contributed by atoms with Crippen molar-refractivity contribution in [3.05, 3.63) is 24.0 Å². The number of primary amides is 2. The van der Waals surface area contributed by atoms with Gasteiger partial charge in [-0.3, -0.25) is 9.59 Å². The van der Waals surface area contributed by atoms with E-state index in [2.05, 4.69) is 0 Å². The minimum absolute atomic E-state index is 0.357. The van der Waals surface area contributed by atoms with Gasteiger partial charge in [0.05, 0.1) is 18.8 Å². The summed E-state index contributed by atoms with van der Waals surface area (Å²) in [5.74, 6) is -3.15. The molecule has 0 aliphatic carbocycles. The first kappa shape index (κ1) is 15.9. The monoisotopic (exact) mass is 304 g/mol. The topological polar surface area (TPSA) is 150 Å². The molecule has 8 nitrogen and oxygen atoms in total. The van der Waals surface area contributed by atoms with E-state index in [1.54, 1.807) is 0 Å². The van der Waals surface area contributed by atoms with E-state index in [0.717, 1.165) is 6.07 Å². The van der Waals surface area contributed by atoms with Crippen molar-refractivity contribution < 1.29 is 22.4 Å². The zero-order valence-electron chi connectivity index (χ0n) is 10.2. The highest BCUT2D eigenvalue weighted by molar-refractivity contribution is 7.89. The van der Waals surface area contributed by atoms with Gasteiger partial charge in [-0.05, 0) is 12.1 Å². The first-order valence-electron chi connectivity index (χ1n) is 5.27. The third-order valence-corrected chi connectivity index (χ3v) is 4.14. The molecule has 0 heterocycles. The predicted octanol–water partition coefficient (Wildman–Crippen LogP) is -1.63. The van der Waals surface area contributed by atoms with Crippen LogP contribution >= 0.6 is 0 Å². The molecule has 0 unspecified atom stereocenters. The largest absolute Gasteiger partial charge is 0.398 e. The van der Waals surface area contributed by atoms with E-state index >= 15 is 0 Å². The van der Waals surface area contributed by atoms with E-state index in [4.69, 9.17) is 17.2 Å². The first-order chi connectivity index (χ1) is 9.16. The molecule has 6 N–H and O–H groups in total. The Bertz CT molecular complexity index is 610. The fourth-order valence-electron chi connectivity index (χ4n) is 1.50. The average molecular weight is 304 g/mol. The Morgan fingerprint density at radius 2 is 1.65 bits per heavy atom. The van der Waals surface area contributed by atoms with E-state index < -0.39 is 45.6 Å². The Kier molecular flexibility index (Phi) is 4.63. The Morgan fingerprint density at radius 3 is 2.05 bits per heavy atom. The highest BCUT2D eigenvalue weighted by Crippen LogP contribution is 2.25. The molecule has 0 atom stereocenters. The van der Waals surface area contributed by atoms with E-state index in [-0.39, 0.29) is 5.69 Å². The van der Waals surface area contributed by atoms with Crippen LogP contribution in [0.4, 0.5) is 10.1 Å².